The maximum Gasteiger partial charge on any atom is 0.113 e. The summed E-state index contributed by atoms with van der Waals surface area (Å²) in [6, 6.07) is 6.12. The Morgan fingerprint density at radius 3 is 2.65 bits per heavy atom. The Labute approximate surface area is 104 Å². The average molecular weight is 237 g/mol. The van der Waals surface area contributed by atoms with Gasteiger partial charge in [0.1, 0.15) is 5.60 Å². The van der Waals surface area contributed by atoms with Crippen molar-refractivity contribution in [3.8, 4) is 0 Å². The largest absolute Gasteiger partial charge is 0.383 e. The fourth-order valence-electron chi connectivity index (χ4n) is 2.16. The summed E-state index contributed by atoms with van der Waals surface area (Å²) in [5.74, 6) is 0. The highest BCUT2D eigenvalue weighted by molar-refractivity contribution is 5.35. The van der Waals surface area contributed by atoms with E-state index in [1.54, 1.807) is 7.11 Å². The summed E-state index contributed by atoms with van der Waals surface area (Å²) in [5, 5.41) is 10.7. The van der Waals surface area contributed by atoms with Crippen LogP contribution in [0.25, 0.3) is 0 Å². The molecule has 1 unspecified atom stereocenters. The fourth-order valence-corrected chi connectivity index (χ4v) is 2.16. The fraction of sp³-hybridized carbons (Fsp3) is 0.571. The number of hydrogen-bond donors (Lipinski definition) is 2. The molecule has 0 spiro atoms. The number of nitrogens with two attached hydrogens (primary N) is 1. The third-order valence-corrected chi connectivity index (χ3v) is 3.07. The molecule has 3 heteroatoms. The summed E-state index contributed by atoms with van der Waals surface area (Å²) in [6.45, 7) is 4.92. The third-order valence-electron chi connectivity index (χ3n) is 3.07. The predicted molar refractivity (Wildman–Crippen MR) is 70.0 cm³/mol. The highest BCUT2D eigenvalue weighted by atomic mass is 16.5. The van der Waals surface area contributed by atoms with Crippen LogP contribution in [0.15, 0.2) is 18.2 Å². The lowest BCUT2D eigenvalue weighted by Crippen LogP contribution is -2.33. The van der Waals surface area contributed by atoms with Crippen molar-refractivity contribution in [1.29, 1.82) is 0 Å². The average Bonchev–Trinajstić information content (AvgIpc) is 2.30. The third kappa shape index (κ3) is 3.53. The molecule has 0 heterocycles. The van der Waals surface area contributed by atoms with Crippen molar-refractivity contribution in [3.63, 3.8) is 0 Å². The molecular weight excluding hydrogens is 214 g/mol. The van der Waals surface area contributed by atoms with Gasteiger partial charge in [-0.1, -0.05) is 23.8 Å². The predicted octanol–water partition coefficient (Wildman–Crippen LogP) is 1.88. The van der Waals surface area contributed by atoms with Crippen LogP contribution in [0.1, 0.15) is 29.5 Å². The molecule has 0 aliphatic carbocycles. The first-order valence-electron chi connectivity index (χ1n) is 6.02. The van der Waals surface area contributed by atoms with Crippen molar-refractivity contribution in [2.24, 2.45) is 5.73 Å². The molecule has 0 aliphatic rings. The monoisotopic (exact) mass is 237 g/mol. The standard InChI is InChI=1S/C14H23NO2/c1-11-5-6-12(2)13(9-11)14(16,10-17-3)7-4-8-15/h5-6,9,16H,4,7-8,10,15H2,1-3H3. The minimum atomic E-state index is -0.926. The number of rotatable bonds is 6. The van der Waals surface area contributed by atoms with Gasteiger partial charge in [-0.25, -0.2) is 0 Å². The number of benzene rings is 1. The second-order valence-electron chi connectivity index (χ2n) is 4.68. The molecule has 3 nitrogen and oxygen atoms in total. The molecule has 17 heavy (non-hydrogen) atoms. The Hall–Kier alpha value is -0.900. The molecule has 0 saturated carbocycles. The molecule has 0 fully saturated rings. The molecule has 3 N–H and O–H groups in total. The van der Waals surface area contributed by atoms with Gasteiger partial charge in [-0.05, 0) is 44.4 Å². The van der Waals surface area contributed by atoms with E-state index in [4.69, 9.17) is 10.5 Å². The number of aryl methyl sites for hydroxylation is 2. The minimum Gasteiger partial charge on any atom is -0.383 e. The number of ether oxygens (including phenoxy) is 1. The second kappa shape index (κ2) is 6.15. The Morgan fingerprint density at radius 1 is 1.35 bits per heavy atom. The minimum absolute atomic E-state index is 0.303. The summed E-state index contributed by atoms with van der Waals surface area (Å²) >= 11 is 0. The molecule has 0 bridgehead atoms. The van der Waals surface area contributed by atoms with Crippen molar-refractivity contribution in [3.05, 3.63) is 34.9 Å². The lowest BCUT2D eigenvalue weighted by molar-refractivity contribution is -0.0434. The van der Waals surface area contributed by atoms with Crippen LogP contribution in [0.2, 0.25) is 0 Å². The number of methoxy groups -OCH3 is 1. The van der Waals surface area contributed by atoms with Gasteiger partial charge in [-0.15, -0.1) is 0 Å². The topological polar surface area (TPSA) is 55.5 Å². The van der Waals surface area contributed by atoms with Gasteiger partial charge in [0, 0.05) is 7.11 Å². The van der Waals surface area contributed by atoms with Crippen LogP contribution >= 0.6 is 0 Å². The molecule has 0 radical (unpaired) electrons. The maximum atomic E-state index is 10.7. The normalized spacial score (nSPS) is 14.6. The lowest BCUT2D eigenvalue weighted by Gasteiger charge is -2.29. The van der Waals surface area contributed by atoms with Gasteiger partial charge in [0.2, 0.25) is 0 Å². The smallest absolute Gasteiger partial charge is 0.113 e. The second-order valence-corrected chi connectivity index (χ2v) is 4.68. The van der Waals surface area contributed by atoms with E-state index >= 15 is 0 Å². The van der Waals surface area contributed by atoms with Crippen LogP contribution in [-0.2, 0) is 10.3 Å². The van der Waals surface area contributed by atoms with E-state index in [0.717, 1.165) is 23.1 Å². The summed E-state index contributed by atoms with van der Waals surface area (Å²) in [4.78, 5) is 0. The first-order valence-corrected chi connectivity index (χ1v) is 6.02. The van der Waals surface area contributed by atoms with Crippen molar-refractivity contribution in [2.45, 2.75) is 32.3 Å². The van der Waals surface area contributed by atoms with Gasteiger partial charge in [-0.3, -0.25) is 0 Å². The van der Waals surface area contributed by atoms with Crippen molar-refractivity contribution < 1.29 is 9.84 Å². The van der Waals surface area contributed by atoms with E-state index in [0.29, 0.717) is 19.6 Å². The molecular formula is C14H23NO2. The molecule has 1 aromatic carbocycles. The van der Waals surface area contributed by atoms with E-state index < -0.39 is 5.60 Å². The van der Waals surface area contributed by atoms with Crippen LogP contribution in [-0.4, -0.2) is 25.4 Å². The van der Waals surface area contributed by atoms with Crippen LogP contribution < -0.4 is 5.73 Å². The molecule has 0 amide bonds. The zero-order valence-electron chi connectivity index (χ0n) is 11.0. The SMILES string of the molecule is COCC(O)(CCCN)c1cc(C)ccc1C. The Balaban J connectivity index is 3.07. The molecule has 96 valence electrons. The first kappa shape index (κ1) is 14.2. The van der Waals surface area contributed by atoms with Gasteiger partial charge in [0.15, 0.2) is 0 Å². The first-order chi connectivity index (χ1) is 8.03. The van der Waals surface area contributed by atoms with Gasteiger partial charge < -0.3 is 15.6 Å². The quantitative estimate of drug-likeness (QED) is 0.794. The highest BCUT2D eigenvalue weighted by Crippen LogP contribution is 2.30. The van der Waals surface area contributed by atoms with Gasteiger partial charge >= 0.3 is 0 Å². The van der Waals surface area contributed by atoms with E-state index in [-0.39, 0.29) is 0 Å². The molecule has 1 atom stereocenters. The number of aliphatic hydroxyl groups is 1. The van der Waals surface area contributed by atoms with Crippen molar-refractivity contribution in [2.75, 3.05) is 20.3 Å². The molecule has 1 aromatic rings. The summed E-state index contributed by atoms with van der Waals surface area (Å²) in [6.07, 6.45) is 1.41. The van der Waals surface area contributed by atoms with Gasteiger partial charge in [-0.2, -0.15) is 0 Å². The highest BCUT2D eigenvalue weighted by Gasteiger charge is 2.30. The zero-order valence-corrected chi connectivity index (χ0v) is 11.0. The van der Waals surface area contributed by atoms with Crippen LogP contribution in [0, 0.1) is 13.8 Å². The van der Waals surface area contributed by atoms with Crippen LogP contribution in [0.4, 0.5) is 0 Å². The van der Waals surface area contributed by atoms with Crippen molar-refractivity contribution in [1.82, 2.24) is 0 Å². The van der Waals surface area contributed by atoms with E-state index in [1.165, 1.54) is 0 Å². The van der Waals surface area contributed by atoms with Crippen LogP contribution in [0.3, 0.4) is 0 Å². The van der Waals surface area contributed by atoms with Gasteiger partial charge in [0.05, 0.1) is 6.61 Å². The van der Waals surface area contributed by atoms with Crippen molar-refractivity contribution >= 4 is 0 Å². The Bertz CT molecular complexity index is 365. The Morgan fingerprint density at radius 2 is 2.06 bits per heavy atom. The van der Waals surface area contributed by atoms with E-state index in [2.05, 4.69) is 6.07 Å². The van der Waals surface area contributed by atoms with E-state index in [9.17, 15) is 5.11 Å². The Kier molecular flexibility index (Phi) is 5.12. The summed E-state index contributed by atoms with van der Waals surface area (Å²) in [5.41, 5.74) is 7.79. The lowest BCUT2D eigenvalue weighted by atomic mass is 9.86. The number of hydrogen-bond acceptors (Lipinski definition) is 3. The molecule has 0 aromatic heterocycles. The molecule has 0 saturated heterocycles. The van der Waals surface area contributed by atoms with Crippen LogP contribution in [0.5, 0.6) is 0 Å². The summed E-state index contributed by atoms with van der Waals surface area (Å²) < 4.78 is 5.16. The molecule has 0 aliphatic heterocycles. The maximum absolute atomic E-state index is 10.7. The zero-order chi connectivity index (χ0) is 12.9. The van der Waals surface area contributed by atoms with E-state index in [1.807, 2.05) is 26.0 Å². The summed E-state index contributed by atoms with van der Waals surface area (Å²) in [7, 11) is 1.61. The molecule has 1 rings (SSSR count). The van der Waals surface area contributed by atoms with Gasteiger partial charge in [0.25, 0.3) is 0 Å².